The summed E-state index contributed by atoms with van der Waals surface area (Å²) >= 11 is 0. The van der Waals surface area contributed by atoms with Crippen molar-refractivity contribution >= 4 is 12.8 Å². The van der Waals surface area contributed by atoms with Crippen LogP contribution < -0.4 is 0 Å². The van der Waals surface area contributed by atoms with E-state index in [2.05, 4.69) is 85.3 Å². The molecule has 2 rings (SSSR count). The maximum atomic E-state index is 4.60. The summed E-state index contributed by atoms with van der Waals surface area (Å²) in [4.78, 5) is 8.95. The van der Waals surface area contributed by atoms with Crippen molar-refractivity contribution in [3.05, 3.63) is 123 Å². The first-order chi connectivity index (χ1) is 15.0. The van der Waals surface area contributed by atoms with Crippen molar-refractivity contribution in [3.8, 4) is 0 Å². The fraction of sp³-hybridized carbons (Fsp3) is 0.222. The molecule has 160 valence electrons. The lowest BCUT2D eigenvalue weighted by Crippen LogP contribution is -2.57. The SMILES string of the molecule is C=C/C=C1/C(=NC=C)N(C=C)B2CCCCC(=C)/C=C\C(C)/C=C\C(=C)N2/C1=C/C=C. The Kier molecular flexibility index (Phi) is 9.14. The second-order valence-electron chi connectivity index (χ2n) is 7.65. The standard InChI is InChI=1S/C27H34BN3/c1-8-14-25-26(15-9-2)31-24(7)20-19-23(6)18-17-22(5)16-12-13-21-28(31)30(11-4)27(25)29-10-3/h8-11,14-15,17-20,23H,1-5,7,12-13,16,21H2,6H3/b18-17-,20-19-,25-14+,26-15+,29-27?. The van der Waals surface area contributed by atoms with E-state index in [0.717, 1.165) is 54.0 Å². The van der Waals surface area contributed by atoms with Crippen LogP contribution in [0.4, 0.5) is 0 Å². The monoisotopic (exact) mass is 411 g/mol. The third kappa shape index (κ3) is 5.88. The highest BCUT2D eigenvalue weighted by Gasteiger charge is 2.41. The molecule has 1 fully saturated rings. The molecule has 0 spiro atoms. The van der Waals surface area contributed by atoms with Crippen LogP contribution in [0.2, 0.25) is 6.32 Å². The zero-order valence-electron chi connectivity index (χ0n) is 18.8. The predicted octanol–water partition coefficient (Wildman–Crippen LogP) is 6.96. The van der Waals surface area contributed by atoms with Gasteiger partial charge < -0.3 is 9.62 Å². The quantitative estimate of drug-likeness (QED) is 0.466. The zero-order chi connectivity index (χ0) is 22.8. The van der Waals surface area contributed by atoms with E-state index in [1.165, 1.54) is 0 Å². The number of nitrogens with zero attached hydrogens (tertiary/aromatic N) is 3. The Morgan fingerprint density at radius 2 is 1.74 bits per heavy atom. The summed E-state index contributed by atoms with van der Waals surface area (Å²) in [5.74, 6) is 1.07. The molecule has 1 unspecified atom stereocenters. The Labute approximate surface area is 189 Å². The Hall–Kier alpha value is -3.27. The van der Waals surface area contributed by atoms with Gasteiger partial charge in [-0.15, -0.1) is 0 Å². The van der Waals surface area contributed by atoms with Crippen LogP contribution in [-0.2, 0) is 0 Å². The first-order valence-electron chi connectivity index (χ1n) is 10.8. The summed E-state index contributed by atoms with van der Waals surface area (Å²) in [5.41, 5.74) is 3.97. The Morgan fingerprint density at radius 3 is 2.39 bits per heavy atom. The number of rotatable bonds is 4. The maximum Gasteiger partial charge on any atom is 0.385 e. The molecule has 0 saturated carbocycles. The molecule has 0 aromatic heterocycles. The van der Waals surface area contributed by atoms with Crippen LogP contribution >= 0.6 is 0 Å². The van der Waals surface area contributed by atoms with E-state index in [4.69, 9.17) is 0 Å². The maximum absolute atomic E-state index is 4.60. The van der Waals surface area contributed by atoms with Crippen LogP contribution in [-0.4, -0.2) is 22.4 Å². The number of aliphatic imine (C=N–C) groups is 1. The average Bonchev–Trinajstić information content (AvgIpc) is 2.76. The summed E-state index contributed by atoms with van der Waals surface area (Å²) < 4.78 is 0. The van der Waals surface area contributed by atoms with E-state index in [-0.39, 0.29) is 12.9 Å². The molecule has 2 aliphatic heterocycles. The van der Waals surface area contributed by atoms with Crippen molar-refractivity contribution in [1.82, 2.24) is 9.62 Å². The molecule has 0 aromatic carbocycles. The number of allylic oxidation sites excluding steroid dienone is 9. The largest absolute Gasteiger partial charge is 0.385 e. The molecule has 2 aliphatic rings. The molecular weight excluding hydrogens is 377 g/mol. The fourth-order valence-electron chi connectivity index (χ4n) is 3.87. The fourth-order valence-corrected chi connectivity index (χ4v) is 3.87. The van der Waals surface area contributed by atoms with Gasteiger partial charge in [-0.05, 0) is 49.5 Å². The summed E-state index contributed by atoms with van der Waals surface area (Å²) in [6.07, 6.45) is 23.5. The van der Waals surface area contributed by atoms with Gasteiger partial charge in [0.1, 0.15) is 5.84 Å². The number of hydrogen-bond donors (Lipinski definition) is 0. The molecule has 1 saturated heterocycles. The number of amidine groups is 1. The minimum atomic E-state index is -0.0150. The Bertz CT molecular complexity index is 897. The van der Waals surface area contributed by atoms with E-state index in [0.29, 0.717) is 0 Å². The van der Waals surface area contributed by atoms with Crippen molar-refractivity contribution in [3.63, 3.8) is 0 Å². The van der Waals surface area contributed by atoms with Gasteiger partial charge in [0, 0.05) is 23.2 Å². The molecule has 4 heteroatoms. The molecular formula is C27H34BN3. The van der Waals surface area contributed by atoms with E-state index in [1.807, 2.05) is 18.4 Å². The Balaban J connectivity index is 2.67. The minimum absolute atomic E-state index is 0.0150. The van der Waals surface area contributed by atoms with Gasteiger partial charge in [0.05, 0.1) is 0 Å². The number of hydrogen-bond acceptors (Lipinski definition) is 2. The van der Waals surface area contributed by atoms with Crippen LogP contribution in [0.1, 0.15) is 26.2 Å². The summed E-state index contributed by atoms with van der Waals surface area (Å²) in [7, 11) is 0. The highest BCUT2D eigenvalue weighted by molar-refractivity contribution is 6.59. The highest BCUT2D eigenvalue weighted by Crippen LogP contribution is 2.34. The van der Waals surface area contributed by atoms with E-state index >= 15 is 0 Å². The van der Waals surface area contributed by atoms with Crippen LogP contribution in [0.5, 0.6) is 0 Å². The van der Waals surface area contributed by atoms with Gasteiger partial charge in [0.2, 0.25) is 0 Å². The Morgan fingerprint density at radius 1 is 1.03 bits per heavy atom. The number of fused-ring (bicyclic) bond motifs is 1. The van der Waals surface area contributed by atoms with Crippen LogP contribution in [0.3, 0.4) is 0 Å². The molecule has 0 aliphatic carbocycles. The predicted molar refractivity (Wildman–Crippen MR) is 138 cm³/mol. The van der Waals surface area contributed by atoms with Gasteiger partial charge in [0.25, 0.3) is 0 Å². The van der Waals surface area contributed by atoms with Gasteiger partial charge in [-0.2, -0.15) is 0 Å². The zero-order valence-corrected chi connectivity index (χ0v) is 18.8. The highest BCUT2D eigenvalue weighted by atomic mass is 15.3. The topological polar surface area (TPSA) is 18.8 Å². The van der Waals surface area contributed by atoms with Gasteiger partial charge in [-0.3, -0.25) is 0 Å². The molecule has 3 nitrogen and oxygen atoms in total. The average molecular weight is 411 g/mol. The van der Waals surface area contributed by atoms with Gasteiger partial charge in [-0.25, -0.2) is 4.99 Å². The van der Waals surface area contributed by atoms with Crippen molar-refractivity contribution in [1.29, 1.82) is 0 Å². The third-order valence-corrected chi connectivity index (χ3v) is 5.36. The van der Waals surface area contributed by atoms with E-state index < -0.39 is 0 Å². The smallest absolute Gasteiger partial charge is 0.366 e. The summed E-state index contributed by atoms with van der Waals surface area (Å²) in [5, 5.41) is 0. The van der Waals surface area contributed by atoms with Crippen molar-refractivity contribution in [2.24, 2.45) is 10.9 Å². The van der Waals surface area contributed by atoms with E-state index in [1.54, 1.807) is 18.4 Å². The lowest BCUT2D eigenvalue weighted by atomic mass is 9.62. The van der Waals surface area contributed by atoms with Crippen LogP contribution in [0.25, 0.3) is 0 Å². The van der Waals surface area contributed by atoms with Gasteiger partial charge in [-0.1, -0.05) is 88.8 Å². The third-order valence-electron chi connectivity index (χ3n) is 5.36. The van der Waals surface area contributed by atoms with Crippen LogP contribution in [0.15, 0.2) is 128 Å². The molecule has 0 N–H and O–H groups in total. The molecule has 0 bridgehead atoms. The summed E-state index contributed by atoms with van der Waals surface area (Å²) in [6, 6.07) is 0. The normalized spacial score (nSPS) is 26.5. The molecule has 0 aromatic rings. The molecule has 31 heavy (non-hydrogen) atoms. The first-order valence-corrected chi connectivity index (χ1v) is 10.8. The lowest BCUT2D eigenvalue weighted by Gasteiger charge is -2.45. The summed E-state index contributed by atoms with van der Waals surface area (Å²) in [6.45, 7) is 26.5. The van der Waals surface area contributed by atoms with Crippen molar-refractivity contribution in [2.45, 2.75) is 32.5 Å². The molecule has 2 heterocycles. The van der Waals surface area contributed by atoms with Crippen LogP contribution in [0, 0.1) is 5.92 Å². The first kappa shape index (κ1) is 24.0. The van der Waals surface area contributed by atoms with Crippen molar-refractivity contribution in [2.75, 3.05) is 0 Å². The van der Waals surface area contributed by atoms with Gasteiger partial charge in [0.15, 0.2) is 0 Å². The van der Waals surface area contributed by atoms with E-state index in [9.17, 15) is 0 Å². The van der Waals surface area contributed by atoms with Crippen molar-refractivity contribution < 1.29 is 0 Å². The lowest BCUT2D eigenvalue weighted by molar-refractivity contribution is 0.580. The second-order valence-corrected chi connectivity index (χ2v) is 7.65. The second kappa shape index (κ2) is 11.8. The molecule has 0 amide bonds. The minimum Gasteiger partial charge on any atom is -0.366 e. The van der Waals surface area contributed by atoms with Gasteiger partial charge >= 0.3 is 6.98 Å². The molecule has 0 radical (unpaired) electrons. The molecule has 1 atom stereocenters.